The predicted molar refractivity (Wildman–Crippen MR) is 113 cm³/mol. The maximum absolute atomic E-state index is 12.5. The summed E-state index contributed by atoms with van der Waals surface area (Å²) in [7, 11) is -3.59. The van der Waals surface area contributed by atoms with Crippen LogP contribution in [-0.2, 0) is 21.2 Å². The average Bonchev–Trinajstić information content (AvgIpc) is 2.64. The molecule has 0 radical (unpaired) electrons. The third kappa shape index (κ3) is 5.85. The van der Waals surface area contributed by atoms with Gasteiger partial charge in [0.1, 0.15) is 0 Å². The molecule has 152 valence electrons. The first-order valence-corrected chi connectivity index (χ1v) is 10.6. The molecule has 0 atom stereocenters. The lowest BCUT2D eigenvalue weighted by Crippen LogP contribution is -2.46. The Morgan fingerprint density at radius 3 is 2.21 bits per heavy atom. The minimum absolute atomic E-state index is 0. The third-order valence-electron chi connectivity index (χ3n) is 4.63. The molecule has 0 aliphatic carbocycles. The van der Waals surface area contributed by atoms with Gasteiger partial charge in [-0.3, -0.25) is 4.79 Å². The van der Waals surface area contributed by atoms with E-state index in [1.165, 1.54) is 12.1 Å². The normalized spacial score (nSPS) is 15.1. The van der Waals surface area contributed by atoms with Crippen LogP contribution in [0, 0.1) is 0 Å². The second kappa shape index (κ2) is 9.60. The van der Waals surface area contributed by atoms with E-state index in [0.717, 1.165) is 5.56 Å². The number of carbonyl (C=O) groups is 1. The van der Waals surface area contributed by atoms with Gasteiger partial charge < -0.3 is 10.6 Å². The Labute approximate surface area is 176 Å². The molecule has 1 aliphatic heterocycles. The Morgan fingerprint density at radius 1 is 1.07 bits per heavy atom. The SMILES string of the molecule is Cl.Nc1ccc(CC(=O)N2CCC(NS(=O)(=O)c3ccc(Cl)cc3)CC2)cc1. The molecule has 2 aromatic rings. The van der Waals surface area contributed by atoms with Crippen LogP contribution in [0.25, 0.3) is 0 Å². The van der Waals surface area contributed by atoms with Crippen molar-refractivity contribution < 1.29 is 13.2 Å². The van der Waals surface area contributed by atoms with Crippen molar-refractivity contribution in [3.05, 3.63) is 59.1 Å². The molecule has 0 saturated carbocycles. The molecule has 2 aromatic carbocycles. The zero-order valence-electron chi connectivity index (χ0n) is 15.2. The van der Waals surface area contributed by atoms with E-state index in [-0.39, 0.29) is 29.3 Å². The summed E-state index contributed by atoms with van der Waals surface area (Å²) >= 11 is 5.81. The van der Waals surface area contributed by atoms with E-state index in [0.29, 0.717) is 43.1 Å². The van der Waals surface area contributed by atoms with Gasteiger partial charge in [0.05, 0.1) is 11.3 Å². The van der Waals surface area contributed by atoms with Gasteiger partial charge in [0, 0.05) is 29.8 Å². The third-order valence-corrected chi connectivity index (χ3v) is 6.42. The number of amides is 1. The van der Waals surface area contributed by atoms with E-state index >= 15 is 0 Å². The number of anilines is 1. The van der Waals surface area contributed by atoms with Crippen molar-refractivity contribution in [3.63, 3.8) is 0 Å². The summed E-state index contributed by atoms with van der Waals surface area (Å²) in [5, 5.41) is 0.488. The molecule has 1 fully saturated rings. The van der Waals surface area contributed by atoms with Crippen LogP contribution < -0.4 is 10.5 Å². The minimum Gasteiger partial charge on any atom is -0.399 e. The highest BCUT2D eigenvalue weighted by molar-refractivity contribution is 7.89. The second-order valence-corrected chi connectivity index (χ2v) is 8.80. The van der Waals surface area contributed by atoms with Gasteiger partial charge in [-0.2, -0.15) is 0 Å². The topological polar surface area (TPSA) is 92.5 Å². The zero-order valence-corrected chi connectivity index (χ0v) is 17.6. The number of nitrogen functional groups attached to an aromatic ring is 1. The first-order valence-electron chi connectivity index (χ1n) is 8.73. The van der Waals surface area contributed by atoms with Crippen molar-refractivity contribution in [1.29, 1.82) is 0 Å². The quantitative estimate of drug-likeness (QED) is 0.694. The smallest absolute Gasteiger partial charge is 0.240 e. The number of sulfonamides is 1. The van der Waals surface area contributed by atoms with Crippen molar-refractivity contribution in [1.82, 2.24) is 9.62 Å². The Kier molecular flexibility index (Phi) is 7.71. The fourth-order valence-corrected chi connectivity index (χ4v) is 4.50. The zero-order chi connectivity index (χ0) is 19.4. The maximum atomic E-state index is 12.5. The Balaban J connectivity index is 0.00000280. The van der Waals surface area contributed by atoms with Crippen LogP contribution in [0.3, 0.4) is 0 Å². The molecule has 1 aliphatic rings. The van der Waals surface area contributed by atoms with Crippen molar-refractivity contribution >= 4 is 45.6 Å². The summed E-state index contributed by atoms with van der Waals surface area (Å²) in [5.41, 5.74) is 7.24. The van der Waals surface area contributed by atoms with Crippen LogP contribution in [0.1, 0.15) is 18.4 Å². The molecule has 1 amide bonds. The van der Waals surface area contributed by atoms with Crippen molar-refractivity contribution in [2.45, 2.75) is 30.2 Å². The number of nitrogens with zero attached hydrogens (tertiary/aromatic N) is 1. The molecule has 6 nitrogen and oxygen atoms in total. The molecular formula is C19H23Cl2N3O3S. The Morgan fingerprint density at radius 2 is 1.64 bits per heavy atom. The summed E-state index contributed by atoms with van der Waals surface area (Å²) in [6, 6.07) is 13.1. The highest BCUT2D eigenvalue weighted by Gasteiger charge is 2.26. The number of hydrogen-bond acceptors (Lipinski definition) is 4. The maximum Gasteiger partial charge on any atom is 0.240 e. The van der Waals surface area contributed by atoms with Crippen LogP contribution >= 0.6 is 24.0 Å². The molecule has 9 heteroatoms. The summed E-state index contributed by atoms with van der Waals surface area (Å²) in [5.74, 6) is 0.0405. The molecular weight excluding hydrogens is 421 g/mol. The van der Waals surface area contributed by atoms with Gasteiger partial charge in [0.25, 0.3) is 0 Å². The standard InChI is InChI=1S/C19H22ClN3O3S.ClH/c20-15-3-7-18(8-4-15)27(25,26)22-17-9-11-23(12-10-17)19(24)13-14-1-5-16(21)6-2-14;/h1-8,17,22H,9-13,21H2;1H. The van der Waals surface area contributed by atoms with Gasteiger partial charge in [0.2, 0.25) is 15.9 Å². The molecule has 1 heterocycles. The molecule has 3 rings (SSSR count). The number of benzene rings is 2. The lowest BCUT2D eigenvalue weighted by atomic mass is 10.0. The van der Waals surface area contributed by atoms with Gasteiger partial charge in [-0.15, -0.1) is 12.4 Å². The van der Waals surface area contributed by atoms with Crippen LogP contribution in [-0.4, -0.2) is 38.4 Å². The largest absolute Gasteiger partial charge is 0.399 e. The molecule has 28 heavy (non-hydrogen) atoms. The van der Waals surface area contributed by atoms with Gasteiger partial charge in [0.15, 0.2) is 0 Å². The summed E-state index contributed by atoms with van der Waals surface area (Å²) < 4.78 is 27.6. The lowest BCUT2D eigenvalue weighted by molar-refractivity contribution is -0.131. The van der Waals surface area contributed by atoms with Crippen molar-refractivity contribution in [2.75, 3.05) is 18.8 Å². The Bertz CT molecular complexity index is 895. The first-order chi connectivity index (χ1) is 12.8. The Hall–Kier alpha value is -1.80. The summed E-state index contributed by atoms with van der Waals surface area (Å²) in [6.07, 6.45) is 1.49. The molecule has 3 N–H and O–H groups in total. The predicted octanol–water partition coefficient (Wildman–Crippen LogP) is 2.86. The number of carbonyl (C=O) groups excluding carboxylic acids is 1. The average molecular weight is 444 g/mol. The number of rotatable bonds is 5. The number of likely N-dealkylation sites (tertiary alicyclic amines) is 1. The van der Waals surface area contributed by atoms with E-state index in [1.807, 2.05) is 12.1 Å². The summed E-state index contributed by atoms with van der Waals surface area (Å²) in [6.45, 7) is 1.06. The van der Waals surface area contributed by atoms with Crippen molar-refractivity contribution in [2.24, 2.45) is 0 Å². The van der Waals surface area contributed by atoms with Crippen LogP contribution in [0.15, 0.2) is 53.4 Å². The molecule has 0 spiro atoms. The van der Waals surface area contributed by atoms with Crippen molar-refractivity contribution in [3.8, 4) is 0 Å². The molecule has 0 bridgehead atoms. The molecule has 0 unspecified atom stereocenters. The number of halogens is 2. The number of piperidine rings is 1. The van der Waals surface area contributed by atoms with Gasteiger partial charge in [-0.25, -0.2) is 13.1 Å². The van der Waals surface area contributed by atoms with Crippen LogP contribution in [0.4, 0.5) is 5.69 Å². The van der Waals surface area contributed by atoms with Gasteiger partial charge >= 0.3 is 0 Å². The van der Waals surface area contributed by atoms with E-state index < -0.39 is 10.0 Å². The van der Waals surface area contributed by atoms with E-state index in [4.69, 9.17) is 17.3 Å². The number of nitrogens with two attached hydrogens (primary N) is 1. The van der Waals surface area contributed by atoms with E-state index in [9.17, 15) is 13.2 Å². The van der Waals surface area contributed by atoms with Gasteiger partial charge in [-0.1, -0.05) is 23.7 Å². The monoisotopic (exact) mass is 443 g/mol. The minimum atomic E-state index is -3.59. The fraction of sp³-hybridized carbons (Fsp3) is 0.316. The summed E-state index contributed by atoms with van der Waals surface area (Å²) in [4.78, 5) is 14.4. The second-order valence-electron chi connectivity index (χ2n) is 6.65. The highest BCUT2D eigenvalue weighted by Crippen LogP contribution is 2.18. The first kappa shape index (κ1) is 22.5. The van der Waals surface area contributed by atoms with E-state index in [1.54, 1.807) is 29.2 Å². The van der Waals surface area contributed by atoms with Crippen LogP contribution in [0.5, 0.6) is 0 Å². The number of nitrogens with one attached hydrogen (secondary N) is 1. The number of hydrogen-bond donors (Lipinski definition) is 2. The molecule has 1 saturated heterocycles. The van der Waals surface area contributed by atoms with E-state index in [2.05, 4.69) is 4.72 Å². The van der Waals surface area contributed by atoms with Crippen LogP contribution in [0.2, 0.25) is 5.02 Å². The lowest BCUT2D eigenvalue weighted by Gasteiger charge is -2.32. The highest BCUT2D eigenvalue weighted by atomic mass is 35.5. The van der Waals surface area contributed by atoms with Gasteiger partial charge in [-0.05, 0) is 54.8 Å². The fourth-order valence-electron chi connectivity index (χ4n) is 3.07. The molecule has 0 aromatic heterocycles.